The largest absolute Gasteiger partial charge is 0.399 e. The molecule has 0 fully saturated rings. The highest BCUT2D eigenvalue weighted by Gasteiger charge is 2.15. The summed E-state index contributed by atoms with van der Waals surface area (Å²) in [6.07, 6.45) is -2.63. The van der Waals surface area contributed by atoms with Gasteiger partial charge in [-0.25, -0.2) is 8.78 Å². The Labute approximate surface area is 82.0 Å². The summed E-state index contributed by atoms with van der Waals surface area (Å²) in [5, 5.41) is -0.0460. The van der Waals surface area contributed by atoms with Gasteiger partial charge >= 0.3 is 0 Å². The molecular weight excluding hydrogens is 211 g/mol. The summed E-state index contributed by atoms with van der Waals surface area (Å²) >= 11 is 0.714. The second kappa shape index (κ2) is 3.16. The van der Waals surface area contributed by atoms with Crippen molar-refractivity contribution >= 4 is 27.1 Å². The van der Waals surface area contributed by atoms with Crippen molar-refractivity contribution in [3.63, 3.8) is 0 Å². The highest BCUT2D eigenvalue weighted by atomic mass is 32.1. The molecule has 0 unspecified atom stereocenters. The molecule has 0 saturated heterocycles. The second-order valence-corrected chi connectivity index (χ2v) is 3.88. The lowest BCUT2D eigenvalue weighted by Gasteiger charge is -2.02. The number of thiophene rings is 1. The first-order chi connectivity index (χ1) is 6.58. The van der Waals surface area contributed by atoms with Crippen LogP contribution in [0.4, 0.5) is 18.9 Å². The summed E-state index contributed by atoms with van der Waals surface area (Å²) in [5.41, 5.74) is 5.45. The van der Waals surface area contributed by atoms with Crippen LogP contribution in [0.15, 0.2) is 18.2 Å². The average Bonchev–Trinajstić information content (AvgIpc) is 2.42. The van der Waals surface area contributed by atoms with Crippen molar-refractivity contribution in [2.75, 3.05) is 5.73 Å². The molecule has 14 heavy (non-hydrogen) atoms. The number of nitrogen functional groups attached to an aromatic ring is 1. The standard InChI is InChI=1S/C9H6F3NS/c10-7-2-4-1-5(13)3-6(9(11)12)8(4)14-7/h1-3,9H,13H2. The van der Waals surface area contributed by atoms with Crippen LogP contribution in [-0.2, 0) is 0 Å². The topological polar surface area (TPSA) is 26.0 Å². The van der Waals surface area contributed by atoms with E-state index in [4.69, 9.17) is 5.73 Å². The first-order valence-corrected chi connectivity index (χ1v) is 4.66. The highest BCUT2D eigenvalue weighted by Crippen LogP contribution is 2.35. The van der Waals surface area contributed by atoms with Crippen molar-refractivity contribution in [2.24, 2.45) is 0 Å². The molecule has 0 bridgehead atoms. The van der Waals surface area contributed by atoms with Crippen molar-refractivity contribution in [2.45, 2.75) is 6.43 Å². The lowest BCUT2D eigenvalue weighted by Crippen LogP contribution is -1.89. The van der Waals surface area contributed by atoms with Crippen LogP contribution in [0.3, 0.4) is 0 Å². The molecule has 0 aliphatic carbocycles. The average molecular weight is 217 g/mol. The maximum Gasteiger partial charge on any atom is 0.265 e. The third-order valence-electron chi connectivity index (χ3n) is 1.87. The Balaban J connectivity index is 2.79. The van der Waals surface area contributed by atoms with Crippen molar-refractivity contribution in [3.05, 3.63) is 28.9 Å². The van der Waals surface area contributed by atoms with Crippen LogP contribution < -0.4 is 5.73 Å². The highest BCUT2D eigenvalue weighted by molar-refractivity contribution is 7.17. The van der Waals surface area contributed by atoms with E-state index in [2.05, 4.69) is 0 Å². The van der Waals surface area contributed by atoms with E-state index in [0.717, 1.165) is 0 Å². The molecule has 0 aliphatic rings. The molecule has 2 rings (SSSR count). The van der Waals surface area contributed by atoms with E-state index in [1.54, 1.807) is 0 Å². The van der Waals surface area contributed by atoms with Crippen LogP contribution in [0.2, 0.25) is 0 Å². The minimum Gasteiger partial charge on any atom is -0.399 e. The van der Waals surface area contributed by atoms with Crippen molar-refractivity contribution in [1.29, 1.82) is 0 Å². The van der Waals surface area contributed by atoms with E-state index in [1.165, 1.54) is 18.2 Å². The van der Waals surface area contributed by atoms with E-state index in [0.29, 0.717) is 16.7 Å². The van der Waals surface area contributed by atoms with Gasteiger partial charge in [-0.2, -0.15) is 4.39 Å². The fourth-order valence-corrected chi connectivity index (χ4v) is 2.22. The number of hydrogen-bond acceptors (Lipinski definition) is 2. The zero-order valence-corrected chi connectivity index (χ0v) is 7.75. The Morgan fingerprint density at radius 1 is 1.21 bits per heavy atom. The van der Waals surface area contributed by atoms with Gasteiger partial charge in [-0.3, -0.25) is 0 Å². The van der Waals surface area contributed by atoms with Gasteiger partial charge in [-0.1, -0.05) is 0 Å². The van der Waals surface area contributed by atoms with Crippen molar-refractivity contribution in [3.8, 4) is 0 Å². The van der Waals surface area contributed by atoms with E-state index in [-0.39, 0.29) is 16.0 Å². The predicted octanol–water partition coefficient (Wildman–Crippen LogP) is 3.56. The Morgan fingerprint density at radius 3 is 2.57 bits per heavy atom. The van der Waals surface area contributed by atoms with Crippen molar-refractivity contribution in [1.82, 2.24) is 0 Å². The minimum atomic E-state index is -2.63. The molecule has 1 aromatic carbocycles. The normalized spacial score (nSPS) is 11.4. The summed E-state index contributed by atoms with van der Waals surface area (Å²) < 4.78 is 38.1. The summed E-state index contributed by atoms with van der Waals surface area (Å²) in [4.78, 5) is 0. The van der Waals surface area contributed by atoms with Gasteiger partial charge in [-0.15, -0.1) is 11.3 Å². The number of halogens is 3. The molecule has 1 nitrogen and oxygen atoms in total. The molecule has 0 atom stereocenters. The maximum absolute atomic E-state index is 12.8. The molecule has 1 heterocycles. The molecule has 74 valence electrons. The van der Waals surface area contributed by atoms with Crippen LogP contribution in [-0.4, -0.2) is 0 Å². The van der Waals surface area contributed by atoms with E-state index in [9.17, 15) is 13.2 Å². The van der Waals surface area contributed by atoms with Gasteiger partial charge in [0.2, 0.25) is 0 Å². The van der Waals surface area contributed by atoms with Crippen LogP contribution in [0.1, 0.15) is 12.0 Å². The lowest BCUT2D eigenvalue weighted by molar-refractivity contribution is 0.153. The van der Waals surface area contributed by atoms with Gasteiger partial charge < -0.3 is 5.73 Å². The van der Waals surface area contributed by atoms with Crippen LogP contribution in [0.25, 0.3) is 10.1 Å². The first kappa shape index (κ1) is 9.33. The molecular formula is C9H6F3NS. The number of rotatable bonds is 1. The second-order valence-electron chi connectivity index (χ2n) is 2.88. The third-order valence-corrected chi connectivity index (χ3v) is 2.86. The lowest BCUT2D eigenvalue weighted by atomic mass is 10.1. The molecule has 2 N–H and O–H groups in total. The number of nitrogens with two attached hydrogens (primary N) is 1. The number of alkyl halides is 2. The Hall–Kier alpha value is -1.23. The smallest absolute Gasteiger partial charge is 0.265 e. The van der Waals surface area contributed by atoms with Gasteiger partial charge in [0, 0.05) is 16.0 Å². The number of hydrogen-bond donors (Lipinski definition) is 1. The van der Waals surface area contributed by atoms with Crippen molar-refractivity contribution < 1.29 is 13.2 Å². The number of fused-ring (bicyclic) bond motifs is 1. The van der Waals surface area contributed by atoms with Crippen LogP contribution in [0, 0.1) is 5.13 Å². The van der Waals surface area contributed by atoms with Gasteiger partial charge in [0.05, 0.1) is 0 Å². The summed E-state index contributed by atoms with van der Waals surface area (Å²) in [7, 11) is 0. The monoisotopic (exact) mass is 217 g/mol. The van der Waals surface area contributed by atoms with Gasteiger partial charge in [0.15, 0.2) is 5.13 Å². The first-order valence-electron chi connectivity index (χ1n) is 3.84. The molecule has 5 heteroatoms. The molecule has 0 radical (unpaired) electrons. The van der Waals surface area contributed by atoms with Crippen LogP contribution in [0.5, 0.6) is 0 Å². The van der Waals surface area contributed by atoms with E-state index < -0.39 is 11.6 Å². The van der Waals surface area contributed by atoms with E-state index >= 15 is 0 Å². The third kappa shape index (κ3) is 1.43. The van der Waals surface area contributed by atoms with Gasteiger partial charge in [0.25, 0.3) is 6.43 Å². The maximum atomic E-state index is 12.8. The fraction of sp³-hybridized carbons (Fsp3) is 0.111. The Kier molecular flexibility index (Phi) is 2.11. The Bertz CT molecular complexity index is 478. The molecule has 0 saturated carbocycles. The Morgan fingerprint density at radius 2 is 1.93 bits per heavy atom. The fourth-order valence-electron chi connectivity index (χ4n) is 1.33. The zero-order valence-electron chi connectivity index (χ0n) is 6.93. The quantitative estimate of drug-likeness (QED) is 0.726. The zero-order chi connectivity index (χ0) is 10.3. The van der Waals surface area contributed by atoms with Gasteiger partial charge in [-0.05, 0) is 23.6 Å². The SMILES string of the molecule is Nc1cc(C(F)F)c2sc(F)cc2c1. The molecule has 0 amide bonds. The summed E-state index contributed by atoms with van der Waals surface area (Å²) in [6.45, 7) is 0. The minimum absolute atomic E-state index is 0.200. The number of benzene rings is 1. The predicted molar refractivity (Wildman–Crippen MR) is 51.2 cm³/mol. The summed E-state index contributed by atoms with van der Waals surface area (Å²) in [5.74, 6) is 0. The summed E-state index contributed by atoms with van der Waals surface area (Å²) in [6, 6.07) is 3.88. The van der Waals surface area contributed by atoms with Gasteiger partial charge in [0.1, 0.15) is 0 Å². The molecule has 0 spiro atoms. The van der Waals surface area contributed by atoms with Crippen LogP contribution >= 0.6 is 11.3 Å². The molecule has 2 aromatic rings. The van der Waals surface area contributed by atoms with E-state index in [1.807, 2.05) is 0 Å². The number of anilines is 1. The molecule has 1 aromatic heterocycles. The molecule has 0 aliphatic heterocycles.